The lowest BCUT2D eigenvalue weighted by atomic mass is 10.0. The summed E-state index contributed by atoms with van der Waals surface area (Å²) >= 11 is 0. The summed E-state index contributed by atoms with van der Waals surface area (Å²) in [5, 5.41) is 44.8. The van der Waals surface area contributed by atoms with Crippen LogP contribution in [-0.2, 0) is 14.4 Å². The Bertz CT molecular complexity index is 2630. The highest BCUT2D eigenvalue weighted by atomic mass is 32.2. The molecule has 6 rings (SSSR count). The second-order valence-electron chi connectivity index (χ2n) is 11.5. The third-order valence-electron chi connectivity index (χ3n) is 7.70. The van der Waals surface area contributed by atoms with Gasteiger partial charge in [-0.25, -0.2) is 0 Å². The number of phenolic OH excluding ortho intramolecular Hbond substituents is 1. The smallest absolute Gasteiger partial charge is 0.315 e. The van der Waals surface area contributed by atoms with E-state index in [1.54, 1.807) is 84.9 Å². The fourth-order valence-electron chi connectivity index (χ4n) is 4.99. The average Bonchev–Trinajstić information content (AvgIpc) is 3.14. The molecule has 0 aromatic heterocycles. The molecule has 0 amide bonds. The van der Waals surface area contributed by atoms with Crippen molar-refractivity contribution in [1.29, 1.82) is 0 Å². The van der Waals surface area contributed by atoms with E-state index in [1.807, 2.05) is 0 Å². The topological polar surface area (TPSA) is 319 Å². The van der Waals surface area contributed by atoms with E-state index in [0.29, 0.717) is 56.9 Å². The second kappa shape index (κ2) is 15.0. The Morgan fingerprint density at radius 2 is 0.981 bits per heavy atom. The molecule has 0 heterocycles. The Morgan fingerprint density at radius 3 is 1.41 bits per heavy atom. The molecule has 19 heteroatoms. The lowest BCUT2D eigenvalue weighted by molar-refractivity contribution is 0.333. The van der Waals surface area contributed by atoms with Gasteiger partial charge in [0.25, 0.3) is 0 Å². The molecule has 0 fully saturated rings. The van der Waals surface area contributed by atoms with Gasteiger partial charge in [0.15, 0.2) is 5.56 Å². The van der Waals surface area contributed by atoms with E-state index in [4.69, 9.17) is 34.6 Å². The highest BCUT2D eigenvalue weighted by molar-refractivity contribution is 7.86. The van der Waals surface area contributed by atoms with Crippen LogP contribution in [0.4, 0.5) is 73.9 Å². The van der Waals surface area contributed by atoms with Gasteiger partial charge in [-0.3, -0.25) is 0 Å². The molecule has 18 nitrogen and oxygen atoms in total. The van der Waals surface area contributed by atoms with Crippen LogP contribution in [0.5, 0.6) is 5.75 Å². The van der Waals surface area contributed by atoms with Crippen LogP contribution in [0.3, 0.4) is 0 Å². The van der Waals surface area contributed by atoms with Crippen molar-refractivity contribution < 1.29 is 17.8 Å². The van der Waals surface area contributed by atoms with Crippen LogP contribution in [0, 0.1) is 6.92 Å². The first-order valence-electron chi connectivity index (χ1n) is 15.6. The minimum atomic E-state index is -4.57. The number of hydrogen-bond donors (Lipinski definition) is 7. The Labute approximate surface area is 307 Å². The van der Waals surface area contributed by atoms with E-state index in [2.05, 4.69) is 52.1 Å². The fourth-order valence-corrected chi connectivity index (χ4v) is 5.75. The van der Waals surface area contributed by atoms with Crippen LogP contribution in [0.25, 0.3) is 10.8 Å². The molecule has 0 atom stereocenters. The van der Waals surface area contributed by atoms with Gasteiger partial charge >= 0.3 is 10.1 Å². The van der Waals surface area contributed by atoms with Gasteiger partial charge in [0, 0.05) is 23.7 Å². The van der Waals surface area contributed by atoms with Gasteiger partial charge in [-0.1, -0.05) is 5.11 Å². The van der Waals surface area contributed by atoms with E-state index >= 15 is 0 Å². The number of anilines is 5. The Morgan fingerprint density at radius 1 is 0.556 bits per heavy atom. The molecule has 0 bridgehead atoms. The molecule has 0 spiro atoms. The van der Waals surface area contributed by atoms with Crippen molar-refractivity contribution in [3.05, 3.63) is 110 Å². The number of hydrogen-bond acceptors (Lipinski definition) is 18. The second-order valence-corrected chi connectivity index (χ2v) is 13.0. The summed E-state index contributed by atoms with van der Waals surface area (Å²) in [6.45, 7) is 3.94. The van der Waals surface area contributed by atoms with Gasteiger partial charge in [0.1, 0.15) is 22.0 Å². The van der Waals surface area contributed by atoms with Crippen LogP contribution in [-0.4, -0.2) is 13.5 Å². The molecule has 54 heavy (non-hydrogen) atoms. The molecule has 0 aliphatic rings. The molecule has 0 saturated heterocycles. The van der Waals surface area contributed by atoms with Gasteiger partial charge in [0.2, 0.25) is 11.4 Å². The van der Waals surface area contributed by atoms with E-state index in [0.717, 1.165) is 0 Å². The lowest BCUT2D eigenvalue weighted by Gasteiger charge is -2.11. The third kappa shape index (κ3) is 7.87. The quantitative estimate of drug-likeness (QED) is 0.0302. The van der Waals surface area contributed by atoms with Gasteiger partial charge in [0.05, 0.1) is 51.3 Å². The van der Waals surface area contributed by atoms with Gasteiger partial charge < -0.3 is 33.8 Å². The SMILES string of the molecule is [CH2+]c1cc2cc(S(=O)(=O)ON)c(N=Nc3ccc(N=Nc4ccc(N)cc4N)cc3)c(N)c2c(O)c1N=Nc1ccc(N=Nc2ccc(N)cc2N)cc1. The Balaban J connectivity index is 1.29. The highest BCUT2D eigenvalue weighted by Gasteiger charge is 2.28. The number of rotatable bonds is 10. The summed E-state index contributed by atoms with van der Waals surface area (Å²) in [4.78, 5) is -0.505. The molecule has 13 N–H and O–H groups in total. The number of fused-ring (bicyclic) bond motifs is 1. The highest BCUT2D eigenvalue weighted by Crippen LogP contribution is 2.47. The number of nitrogen functional groups attached to an aromatic ring is 5. The Hall–Kier alpha value is -7.48. The maximum Gasteiger partial charge on any atom is 0.315 e. The first-order chi connectivity index (χ1) is 25.8. The summed E-state index contributed by atoms with van der Waals surface area (Å²) in [5.74, 6) is 4.68. The van der Waals surface area contributed by atoms with E-state index in [-0.39, 0.29) is 33.4 Å². The van der Waals surface area contributed by atoms with Gasteiger partial charge in [-0.05, 0) is 91.0 Å². The molecule has 6 aromatic rings. The van der Waals surface area contributed by atoms with E-state index in [9.17, 15) is 13.5 Å². The maximum atomic E-state index is 12.9. The third-order valence-corrected chi connectivity index (χ3v) is 8.81. The predicted octanol–water partition coefficient (Wildman–Crippen LogP) is 8.88. The van der Waals surface area contributed by atoms with Crippen molar-refractivity contribution >= 4 is 94.8 Å². The minimum Gasteiger partial charge on any atom is -0.495 e. The van der Waals surface area contributed by atoms with E-state index < -0.39 is 20.8 Å². The first kappa shape index (κ1) is 36.3. The summed E-state index contributed by atoms with van der Waals surface area (Å²) in [6.07, 6.45) is 0. The first-order valence-corrected chi connectivity index (χ1v) is 17.0. The van der Waals surface area contributed by atoms with Crippen molar-refractivity contribution in [3.8, 4) is 5.75 Å². The molecule has 0 aliphatic heterocycles. The number of nitrogens with zero attached hydrogens (tertiary/aromatic N) is 8. The zero-order chi connectivity index (χ0) is 38.6. The summed E-state index contributed by atoms with van der Waals surface area (Å²) in [5.41, 5.74) is 33.7. The molecule has 0 radical (unpaired) electrons. The number of aromatic hydroxyl groups is 1. The van der Waals surface area contributed by atoms with Crippen LogP contribution in [0.1, 0.15) is 5.56 Å². The molecular formula is C35H31N14O4S+. The molecule has 6 aromatic carbocycles. The fraction of sp³-hybridized carbons (Fsp3) is 0. The zero-order valence-electron chi connectivity index (χ0n) is 28.1. The number of phenols is 1. The minimum absolute atomic E-state index is 0.0108. The van der Waals surface area contributed by atoms with Crippen molar-refractivity contribution in [2.45, 2.75) is 4.90 Å². The number of azo groups is 4. The molecule has 0 unspecified atom stereocenters. The standard InChI is InChI=1S/C35H30N14O4S/c1-18-14-19-15-30(54(51,52)53-41)34(49-45-25-10-6-23(7-11-25)43-47-29-13-3-21(37)17-27(29)39)32(40)31(19)35(50)33(18)48-44-24-8-4-22(5-9-24)42-46-28-12-2-20(36)16-26(28)38/h2-17H,1,41H2,(H10-,36,37,38,39,40,42,43,44,45,46,47,48,49,50)/p+1. The maximum absolute atomic E-state index is 12.9. The normalized spacial score (nSPS) is 12.2. The average molecular weight is 744 g/mol. The summed E-state index contributed by atoms with van der Waals surface area (Å²) < 4.78 is 30.1. The summed E-state index contributed by atoms with van der Waals surface area (Å²) in [6, 6.07) is 25.3. The molecule has 270 valence electrons. The monoisotopic (exact) mass is 743 g/mol. The number of benzene rings is 6. The molecular weight excluding hydrogens is 713 g/mol. The van der Waals surface area contributed by atoms with Crippen molar-refractivity contribution in [2.24, 2.45) is 46.8 Å². The molecule has 0 saturated carbocycles. The predicted molar refractivity (Wildman–Crippen MR) is 207 cm³/mol. The zero-order valence-corrected chi connectivity index (χ0v) is 28.9. The van der Waals surface area contributed by atoms with E-state index in [1.165, 1.54) is 12.1 Å². The van der Waals surface area contributed by atoms with Crippen LogP contribution in [0.2, 0.25) is 0 Å². The molecule has 0 aliphatic carbocycles. The van der Waals surface area contributed by atoms with Crippen molar-refractivity contribution in [3.63, 3.8) is 0 Å². The van der Waals surface area contributed by atoms with Crippen molar-refractivity contribution in [1.82, 2.24) is 0 Å². The van der Waals surface area contributed by atoms with Crippen LogP contribution in [0.15, 0.2) is 143 Å². The Kier molecular flexibility index (Phi) is 10.1. The van der Waals surface area contributed by atoms with Crippen molar-refractivity contribution in [2.75, 3.05) is 28.7 Å². The summed E-state index contributed by atoms with van der Waals surface area (Å²) in [7, 11) is -4.57. The van der Waals surface area contributed by atoms with Crippen LogP contribution >= 0.6 is 0 Å². The van der Waals surface area contributed by atoms with Gasteiger partial charge in [-0.15, -0.1) is 20.5 Å². The number of nitrogens with two attached hydrogens (primary N) is 6. The van der Waals surface area contributed by atoms with Gasteiger partial charge in [-0.2, -0.15) is 33.9 Å². The lowest BCUT2D eigenvalue weighted by Crippen LogP contribution is -2.12. The van der Waals surface area contributed by atoms with Crippen LogP contribution < -0.4 is 34.6 Å². The largest absolute Gasteiger partial charge is 0.495 e.